The van der Waals surface area contributed by atoms with Crippen LogP contribution in [0.2, 0.25) is 0 Å². The van der Waals surface area contributed by atoms with Crippen molar-refractivity contribution in [3.05, 3.63) is 53.6 Å². The van der Waals surface area contributed by atoms with E-state index in [4.69, 9.17) is 4.74 Å². The van der Waals surface area contributed by atoms with E-state index in [0.717, 1.165) is 25.7 Å². The van der Waals surface area contributed by atoms with Crippen molar-refractivity contribution in [1.82, 2.24) is 10.2 Å². The highest BCUT2D eigenvalue weighted by atomic mass is 32.2. The number of para-hydroxylation sites is 1. The quantitative estimate of drug-likeness (QED) is 0.640. The molecule has 0 aromatic heterocycles. The van der Waals surface area contributed by atoms with E-state index in [1.54, 1.807) is 23.1 Å². The van der Waals surface area contributed by atoms with Crippen molar-refractivity contribution in [3.8, 4) is 5.75 Å². The molecule has 0 atom stereocenters. The van der Waals surface area contributed by atoms with Crippen molar-refractivity contribution in [1.29, 1.82) is 0 Å². The third kappa shape index (κ3) is 6.28. The molecule has 0 unspecified atom stereocenters. The van der Waals surface area contributed by atoms with Gasteiger partial charge in [0, 0.05) is 18.6 Å². The zero-order valence-corrected chi connectivity index (χ0v) is 21.0. The number of benzene rings is 2. The van der Waals surface area contributed by atoms with Crippen molar-refractivity contribution in [3.63, 3.8) is 0 Å². The summed E-state index contributed by atoms with van der Waals surface area (Å²) >= 11 is 0. The number of sulfonamides is 1. The van der Waals surface area contributed by atoms with Crippen LogP contribution in [0.4, 0.5) is 5.69 Å². The highest BCUT2D eigenvalue weighted by Gasteiger charge is 2.25. The Balaban J connectivity index is 1.93. The summed E-state index contributed by atoms with van der Waals surface area (Å²) in [5.41, 5.74) is 0.0728. The zero-order valence-electron chi connectivity index (χ0n) is 20.2. The van der Waals surface area contributed by atoms with Gasteiger partial charge in [-0.2, -0.15) is 0 Å². The summed E-state index contributed by atoms with van der Waals surface area (Å²) in [7, 11) is -2.64. The minimum atomic E-state index is -4.09. The van der Waals surface area contributed by atoms with E-state index in [0.29, 0.717) is 18.8 Å². The van der Waals surface area contributed by atoms with Crippen LogP contribution in [0.25, 0.3) is 0 Å². The molecule has 1 saturated heterocycles. The van der Waals surface area contributed by atoms with Gasteiger partial charge in [-0.15, -0.1) is 0 Å². The predicted molar refractivity (Wildman–Crippen MR) is 132 cm³/mol. The van der Waals surface area contributed by atoms with Gasteiger partial charge in [0.15, 0.2) is 0 Å². The predicted octanol–water partition coefficient (Wildman–Crippen LogP) is 4.04. The van der Waals surface area contributed by atoms with Crippen LogP contribution in [0, 0.1) is 0 Å². The Labute approximate surface area is 201 Å². The van der Waals surface area contributed by atoms with Crippen molar-refractivity contribution in [2.45, 2.75) is 56.9 Å². The third-order valence-corrected chi connectivity index (χ3v) is 6.87. The SMILES string of the molecule is COc1ccc(S(=O)(=O)Nc2ccccc2C(=O)NC(C)(C)C)cc1C(=O)N1CCCCCC1. The first kappa shape index (κ1) is 25.6. The molecule has 0 spiro atoms. The molecule has 0 radical (unpaired) electrons. The first-order valence-corrected chi connectivity index (χ1v) is 12.9. The summed E-state index contributed by atoms with van der Waals surface area (Å²) in [6.07, 6.45) is 3.98. The van der Waals surface area contributed by atoms with Gasteiger partial charge in [0.1, 0.15) is 5.75 Å². The Bertz CT molecular complexity index is 1150. The Morgan fingerprint density at radius 3 is 2.21 bits per heavy atom. The van der Waals surface area contributed by atoms with Gasteiger partial charge in [-0.05, 0) is 63.9 Å². The second-order valence-electron chi connectivity index (χ2n) is 9.42. The molecule has 8 nitrogen and oxygen atoms in total. The fraction of sp³-hybridized carbons (Fsp3) is 0.440. The molecular weight excluding hydrogens is 454 g/mol. The second-order valence-corrected chi connectivity index (χ2v) is 11.1. The van der Waals surface area contributed by atoms with Crippen LogP contribution in [-0.4, -0.2) is 50.9 Å². The minimum absolute atomic E-state index is 0.0856. The lowest BCUT2D eigenvalue weighted by atomic mass is 10.1. The summed E-state index contributed by atoms with van der Waals surface area (Å²) in [6.45, 7) is 6.80. The van der Waals surface area contributed by atoms with Gasteiger partial charge in [0.05, 0.1) is 28.8 Å². The average Bonchev–Trinajstić information content (AvgIpc) is 3.06. The molecule has 2 aromatic rings. The van der Waals surface area contributed by atoms with Crippen LogP contribution in [0.5, 0.6) is 5.75 Å². The van der Waals surface area contributed by atoms with Crippen LogP contribution < -0.4 is 14.8 Å². The molecule has 0 bridgehead atoms. The molecule has 2 amide bonds. The molecule has 184 valence electrons. The van der Waals surface area contributed by atoms with Gasteiger partial charge in [0.2, 0.25) is 0 Å². The van der Waals surface area contributed by atoms with Crippen LogP contribution in [0.1, 0.15) is 67.2 Å². The van der Waals surface area contributed by atoms with E-state index in [2.05, 4.69) is 10.0 Å². The average molecular weight is 488 g/mol. The summed E-state index contributed by atoms with van der Waals surface area (Å²) in [5.74, 6) is -0.323. The van der Waals surface area contributed by atoms with Crippen molar-refractivity contribution in [2.24, 2.45) is 0 Å². The lowest BCUT2D eigenvalue weighted by molar-refractivity contribution is 0.0757. The fourth-order valence-electron chi connectivity index (χ4n) is 3.85. The maximum Gasteiger partial charge on any atom is 0.261 e. The lowest BCUT2D eigenvalue weighted by Gasteiger charge is -2.22. The van der Waals surface area contributed by atoms with E-state index >= 15 is 0 Å². The molecule has 34 heavy (non-hydrogen) atoms. The van der Waals surface area contributed by atoms with Crippen LogP contribution in [0.15, 0.2) is 47.4 Å². The number of carbonyl (C=O) groups excluding carboxylic acids is 2. The normalized spacial score (nSPS) is 14.8. The molecule has 3 rings (SSSR count). The molecule has 9 heteroatoms. The monoisotopic (exact) mass is 487 g/mol. The van der Waals surface area contributed by atoms with Crippen LogP contribution in [0.3, 0.4) is 0 Å². The largest absolute Gasteiger partial charge is 0.496 e. The van der Waals surface area contributed by atoms with Crippen molar-refractivity contribution in [2.75, 3.05) is 24.9 Å². The number of anilines is 1. The first-order chi connectivity index (χ1) is 16.0. The first-order valence-electron chi connectivity index (χ1n) is 11.4. The number of rotatable bonds is 6. The highest BCUT2D eigenvalue weighted by molar-refractivity contribution is 7.92. The molecule has 0 saturated carbocycles. The molecule has 1 heterocycles. The number of likely N-dealkylation sites (tertiary alicyclic amines) is 1. The fourth-order valence-corrected chi connectivity index (χ4v) is 4.95. The minimum Gasteiger partial charge on any atom is -0.496 e. The number of hydrogen-bond donors (Lipinski definition) is 2. The molecule has 1 aliphatic rings. The molecule has 1 fully saturated rings. The summed E-state index contributed by atoms with van der Waals surface area (Å²) in [5, 5.41) is 2.84. The van der Waals surface area contributed by atoms with Gasteiger partial charge in [0.25, 0.3) is 21.8 Å². The smallest absolute Gasteiger partial charge is 0.261 e. The number of hydrogen-bond acceptors (Lipinski definition) is 5. The Kier molecular flexibility index (Phi) is 7.86. The molecule has 0 aliphatic carbocycles. The standard InChI is InChI=1S/C25H33N3O5S/c1-25(2,3)26-23(29)19-11-7-8-12-21(19)27-34(31,32)18-13-14-22(33-4)20(17-18)24(30)28-15-9-5-6-10-16-28/h7-8,11-14,17,27H,5-6,9-10,15-16H2,1-4H3,(H,26,29). The number of methoxy groups -OCH3 is 1. The number of amides is 2. The number of nitrogens with one attached hydrogen (secondary N) is 2. The van der Waals surface area contributed by atoms with E-state index in [9.17, 15) is 18.0 Å². The lowest BCUT2D eigenvalue weighted by Crippen LogP contribution is -2.40. The van der Waals surface area contributed by atoms with E-state index < -0.39 is 21.5 Å². The van der Waals surface area contributed by atoms with Gasteiger partial charge >= 0.3 is 0 Å². The van der Waals surface area contributed by atoms with Crippen molar-refractivity contribution >= 4 is 27.5 Å². The van der Waals surface area contributed by atoms with Gasteiger partial charge in [-0.25, -0.2) is 8.42 Å². The summed E-state index contributed by atoms with van der Waals surface area (Å²) < 4.78 is 34.4. The van der Waals surface area contributed by atoms with E-state index in [1.165, 1.54) is 31.4 Å². The number of nitrogens with zero attached hydrogens (tertiary/aromatic N) is 1. The van der Waals surface area contributed by atoms with Gasteiger partial charge < -0.3 is 15.0 Å². The molecular formula is C25H33N3O5S. The molecule has 1 aliphatic heterocycles. The number of carbonyl (C=O) groups is 2. The highest BCUT2D eigenvalue weighted by Crippen LogP contribution is 2.27. The van der Waals surface area contributed by atoms with Crippen LogP contribution in [-0.2, 0) is 10.0 Å². The Morgan fingerprint density at radius 2 is 1.59 bits per heavy atom. The zero-order chi connectivity index (χ0) is 24.9. The van der Waals surface area contributed by atoms with Crippen molar-refractivity contribution < 1.29 is 22.7 Å². The Morgan fingerprint density at radius 1 is 0.941 bits per heavy atom. The Hall–Kier alpha value is -3.07. The second kappa shape index (κ2) is 10.5. The topological polar surface area (TPSA) is 105 Å². The van der Waals surface area contributed by atoms with E-state index in [-0.39, 0.29) is 27.6 Å². The van der Waals surface area contributed by atoms with Gasteiger partial charge in [-0.1, -0.05) is 25.0 Å². The molecule has 2 N–H and O–H groups in total. The maximum atomic E-state index is 13.3. The van der Waals surface area contributed by atoms with Gasteiger partial charge in [-0.3, -0.25) is 14.3 Å². The maximum absolute atomic E-state index is 13.3. The summed E-state index contributed by atoms with van der Waals surface area (Å²) in [6, 6.07) is 10.6. The summed E-state index contributed by atoms with van der Waals surface area (Å²) in [4.78, 5) is 27.6. The van der Waals surface area contributed by atoms with E-state index in [1.807, 2.05) is 20.8 Å². The third-order valence-electron chi connectivity index (χ3n) is 5.51. The molecule has 2 aromatic carbocycles. The van der Waals surface area contributed by atoms with Crippen LogP contribution >= 0.6 is 0 Å². The number of ether oxygens (including phenoxy) is 1.